The highest BCUT2D eigenvalue weighted by Crippen LogP contribution is 2.34. The van der Waals surface area contributed by atoms with E-state index in [0.29, 0.717) is 0 Å². The van der Waals surface area contributed by atoms with Gasteiger partial charge in [-0.2, -0.15) is 0 Å². The highest BCUT2D eigenvalue weighted by molar-refractivity contribution is 5.83. The van der Waals surface area contributed by atoms with Crippen LogP contribution in [0.5, 0.6) is 0 Å². The Labute approximate surface area is 108 Å². The summed E-state index contributed by atoms with van der Waals surface area (Å²) in [7, 11) is 0. The Morgan fingerprint density at radius 2 is 2.06 bits per heavy atom. The maximum Gasteiger partial charge on any atom is 0.305 e. The second-order valence-electron chi connectivity index (χ2n) is 5.70. The number of hydrogen-bond acceptors (Lipinski definition) is 3. The van der Waals surface area contributed by atoms with Crippen LogP contribution in [-0.2, 0) is 9.59 Å². The first-order valence-electron chi connectivity index (χ1n) is 6.76. The minimum atomic E-state index is -0.810. The molecule has 2 rings (SSSR count). The van der Waals surface area contributed by atoms with Crippen molar-refractivity contribution in [2.24, 2.45) is 5.41 Å². The Bertz CT molecular complexity index is 337. The molecular weight excluding hydrogens is 232 g/mol. The molecule has 1 atom stereocenters. The average molecular weight is 254 g/mol. The molecule has 0 aromatic rings. The number of carboxylic acids is 1. The molecular formula is C13H22N2O3. The van der Waals surface area contributed by atoms with E-state index in [1.807, 2.05) is 11.8 Å². The van der Waals surface area contributed by atoms with Crippen molar-refractivity contribution in [1.82, 2.24) is 10.2 Å². The van der Waals surface area contributed by atoms with Crippen molar-refractivity contribution < 1.29 is 14.7 Å². The van der Waals surface area contributed by atoms with E-state index in [1.54, 1.807) is 0 Å². The largest absolute Gasteiger partial charge is 0.481 e. The molecule has 0 aliphatic carbocycles. The van der Waals surface area contributed by atoms with Crippen LogP contribution in [0.3, 0.4) is 0 Å². The summed E-state index contributed by atoms with van der Waals surface area (Å²) < 4.78 is 0. The van der Waals surface area contributed by atoms with E-state index in [9.17, 15) is 9.59 Å². The van der Waals surface area contributed by atoms with E-state index in [1.165, 1.54) is 0 Å². The van der Waals surface area contributed by atoms with Gasteiger partial charge in [0.15, 0.2) is 0 Å². The predicted molar refractivity (Wildman–Crippen MR) is 67.2 cm³/mol. The van der Waals surface area contributed by atoms with Gasteiger partial charge in [0.05, 0.1) is 6.42 Å². The van der Waals surface area contributed by atoms with Gasteiger partial charge < -0.3 is 15.3 Å². The van der Waals surface area contributed by atoms with Crippen LogP contribution < -0.4 is 5.32 Å². The fourth-order valence-electron chi connectivity index (χ4n) is 3.06. The Morgan fingerprint density at radius 1 is 1.39 bits per heavy atom. The smallest absolute Gasteiger partial charge is 0.305 e. The molecule has 5 nitrogen and oxygen atoms in total. The van der Waals surface area contributed by atoms with Crippen LogP contribution in [0.4, 0.5) is 0 Å². The molecule has 5 heteroatoms. The first-order chi connectivity index (χ1) is 8.53. The van der Waals surface area contributed by atoms with Crippen molar-refractivity contribution in [2.45, 2.75) is 45.1 Å². The summed E-state index contributed by atoms with van der Waals surface area (Å²) in [6.45, 7) is 4.49. The summed E-state index contributed by atoms with van der Waals surface area (Å²) in [5.41, 5.74) is -0.299. The molecule has 2 fully saturated rings. The van der Waals surface area contributed by atoms with Crippen LogP contribution in [0.1, 0.15) is 39.0 Å². The second-order valence-corrected chi connectivity index (χ2v) is 5.70. The van der Waals surface area contributed by atoms with Gasteiger partial charge in [-0.25, -0.2) is 0 Å². The average Bonchev–Trinajstić information content (AvgIpc) is 2.76. The Balaban J connectivity index is 2.04. The Hall–Kier alpha value is -1.10. The zero-order valence-corrected chi connectivity index (χ0v) is 10.9. The van der Waals surface area contributed by atoms with Crippen molar-refractivity contribution >= 4 is 11.9 Å². The van der Waals surface area contributed by atoms with Crippen molar-refractivity contribution in [2.75, 3.05) is 19.6 Å². The molecule has 2 aliphatic rings. The summed E-state index contributed by atoms with van der Waals surface area (Å²) in [6, 6.07) is -0.0956. The minimum Gasteiger partial charge on any atom is -0.481 e. The molecule has 0 aromatic carbocycles. The first-order valence-corrected chi connectivity index (χ1v) is 6.76. The fourth-order valence-corrected chi connectivity index (χ4v) is 3.06. The molecule has 2 saturated heterocycles. The minimum absolute atomic E-state index is 0.0834. The molecule has 1 amide bonds. The van der Waals surface area contributed by atoms with Gasteiger partial charge in [0.1, 0.15) is 0 Å². The lowest BCUT2D eigenvalue weighted by Crippen LogP contribution is -2.49. The number of carbonyl (C=O) groups is 2. The summed E-state index contributed by atoms with van der Waals surface area (Å²) in [5, 5.41) is 12.2. The summed E-state index contributed by atoms with van der Waals surface area (Å²) in [5.74, 6) is -0.650. The number of likely N-dealkylation sites (tertiary alicyclic amines) is 1. The van der Waals surface area contributed by atoms with Gasteiger partial charge in [0.25, 0.3) is 0 Å². The van der Waals surface area contributed by atoms with Gasteiger partial charge in [-0.1, -0.05) is 6.92 Å². The quantitative estimate of drug-likeness (QED) is 0.783. The molecule has 2 N–H and O–H groups in total. The molecule has 0 bridgehead atoms. The molecule has 0 radical (unpaired) electrons. The van der Waals surface area contributed by atoms with Gasteiger partial charge in [-0.3, -0.25) is 9.59 Å². The second kappa shape index (κ2) is 5.26. The number of nitrogens with zero attached hydrogens (tertiary/aromatic N) is 1. The van der Waals surface area contributed by atoms with Crippen LogP contribution in [0.15, 0.2) is 0 Å². The lowest BCUT2D eigenvalue weighted by atomic mass is 9.79. The number of amides is 1. The summed E-state index contributed by atoms with van der Waals surface area (Å²) in [6.07, 6.45) is 3.54. The van der Waals surface area contributed by atoms with E-state index < -0.39 is 5.97 Å². The van der Waals surface area contributed by atoms with Gasteiger partial charge in [-0.05, 0) is 38.8 Å². The van der Waals surface area contributed by atoms with E-state index in [-0.39, 0.29) is 23.8 Å². The molecule has 0 spiro atoms. The van der Waals surface area contributed by atoms with Crippen LogP contribution in [0.2, 0.25) is 0 Å². The van der Waals surface area contributed by atoms with Crippen LogP contribution in [0.25, 0.3) is 0 Å². The van der Waals surface area contributed by atoms with Crippen molar-refractivity contribution in [3.8, 4) is 0 Å². The normalized spacial score (nSPS) is 27.2. The van der Waals surface area contributed by atoms with E-state index in [2.05, 4.69) is 5.32 Å². The molecule has 2 aliphatic heterocycles. The van der Waals surface area contributed by atoms with E-state index in [4.69, 9.17) is 5.11 Å². The molecule has 0 saturated carbocycles. The maximum absolute atomic E-state index is 12.6. The number of nitrogens with one attached hydrogen (secondary N) is 1. The van der Waals surface area contributed by atoms with E-state index in [0.717, 1.165) is 45.3 Å². The van der Waals surface area contributed by atoms with Gasteiger partial charge in [-0.15, -0.1) is 0 Å². The van der Waals surface area contributed by atoms with Crippen molar-refractivity contribution in [3.63, 3.8) is 0 Å². The van der Waals surface area contributed by atoms with Gasteiger partial charge >= 0.3 is 5.97 Å². The third-order valence-electron chi connectivity index (χ3n) is 4.27. The zero-order valence-electron chi connectivity index (χ0n) is 10.9. The monoisotopic (exact) mass is 254 g/mol. The topological polar surface area (TPSA) is 69.6 Å². The molecule has 0 aromatic heterocycles. The highest BCUT2D eigenvalue weighted by Gasteiger charge is 2.41. The predicted octanol–water partition coefficient (Wildman–Crippen LogP) is 0.842. The maximum atomic E-state index is 12.6. The standard InChI is InChI=1S/C13H22N2O3/c1-13(4-6-14-7-5-13)12(18)15-8-2-3-10(15)9-11(16)17/h10,14H,2-9H2,1H3,(H,16,17). The third kappa shape index (κ3) is 2.66. The molecule has 102 valence electrons. The number of carbonyl (C=O) groups excluding carboxylic acids is 1. The fraction of sp³-hybridized carbons (Fsp3) is 0.846. The van der Waals surface area contributed by atoms with Crippen LogP contribution >= 0.6 is 0 Å². The van der Waals surface area contributed by atoms with Gasteiger partial charge in [0, 0.05) is 18.0 Å². The molecule has 2 heterocycles. The first kappa shape index (κ1) is 13.3. The molecule has 18 heavy (non-hydrogen) atoms. The number of hydrogen-bond donors (Lipinski definition) is 2. The summed E-state index contributed by atoms with van der Waals surface area (Å²) in [4.78, 5) is 25.3. The Kier molecular flexibility index (Phi) is 3.90. The SMILES string of the molecule is CC1(C(=O)N2CCCC2CC(=O)O)CCNCC1. The Morgan fingerprint density at radius 3 is 2.67 bits per heavy atom. The van der Waals surface area contributed by atoms with Crippen LogP contribution in [0, 0.1) is 5.41 Å². The van der Waals surface area contributed by atoms with Crippen molar-refractivity contribution in [3.05, 3.63) is 0 Å². The van der Waals surface area contributed by atoms with Crippen molar-refractivity contribution in [1.29, 1.82) is 0 Å². The zero-order chi connectivity index (χ0) is 13.2. The third-order valence-corrected chi connectivity index (χ3v) is 4.27. The van der Waals surface area contributed by atoms with Gasteiger partial charge in [0.2, 0.25) is 5.91 Å². The lowest BCUT2D eigenvalue weighted by Gasteiger charge is -2.38. The number of piperidine rings is 1. The molecule has 1 unspecified atom stereocenters. The van der Waals surface area contributed by atoms with Crippen LogP contribution in [-0.4, -0.2) is 47.6 Å². The highest BCUT2D eigenvalue weighted by atomic mass is 16.4. The number of carboxylic acid groups (broad SMARTS) is 1. The van der Waals surface area contributed by atoms with E-state index >= 15 is 0 Å². The number of rotatable bonds is 3. The number of aliphatic carboxylic acids is 1. The lowest BCUT2D eigenvalue weighted by molar-refractivity contribution is -0.145. The summed E-state index contributed by atoms with van der Waals surface area (Å²) >= 11 is 0.